The Labute approximate surface area is 131 Å². The van der Waals surface area contributed by atoms with Crippen molar-refractivity contribution in [2.75, 3.05) is 0 Å². The van der Waals surface area contributed by atoms with E-state index in [0.717, 1.165) is 16.1 Å². The Morgan fingerprint density at radius 1 is 1.10 bits per heavy atom. The minimum Gasteiger partial charge on any atom is -0.271 e. The maximum atomic E-state index is 6.27. The fourth-order valence-electron chi connectivity index (χ4n) is 3.15. The predicted molar refractivity (Wildman–Crippen MR) is 88.4 cm³/mol. The minimum atomic E-state index is -0.0134. The molecule has 3 N–H and O–H groups in total. The topological polar surface area (TPSA) is 38.0 Å². The van der Waals surface area contributed by atoms with Crippen LogP contribution >= 0.6 is 11.6 Å². The van der Waals surface area contributed by atoms with Crippen molar-refractivity contribution >= 4 is 11.6 Å². The third kappa shape index (κ3) is 2.71. The number of benzene rings is 2. The van der Waals surface area contributed by atoms with Crippen LogP contribution in [0, 0.1) is 6.92 Å². The molecular weight excluding hydrogens is 280 g/mol. The molecule has 1 fully saturated rings. The zero-order valence-electron chi connectivity index (χ0n) is 12.3. The smallest absolute Gasteiger partial charge is 0.0715 e. The van der Waals surface area contributed by atoms with Crippen LogP contribution in [0.4, 0.5) is 0 Å². The van der Waals surface area contributed by atoms with Crippen LogP contribution in [0.1, 0.15) is 53.5 Å². The molecule has 2 nitrogen and oxygen atoms in total. The summed E-state index contributed by atoms with van der Waals surface area (Å²) in [6.45, 7) is 2.05. The average molecular weight is 301 g/mol. The van der Waals surface area contributed by atoms with E-state index in [1.54, 1.807) is 0 Å². The van der Waals surface area contributed by atoms with Gasteiger partial charge in [0.2, 0.25) is 0 Å². The number of halogens is 1. The monoisotopic (exact) mass is 300 g/mol. The van der Waals surface area contributed by atoms with E-state index in [9.17, 15) is 0 Å². The average Bonchev–Trinajstić information content (AvgIpc) is 2.44. The van der Waals surface area contributed by atoms with E-state index in [0.29, 0.717) is 5.92 Å². The van der Waals surface area contributed by atoms with Crippen LogP contribution in [0.25, 0.3) is 0 Å². The third-order valence-corrected chi connectivity index (χ3v) is 5.05. The SMILES string of the molecule is Cc1c(Cl)cccc1C(NN)c1ccccc1C1CCC1. The maximum Gasteiger partial charge on any atom is 0.0715 e. The van der Waals surface area contributed by atoms with Gasteiger partial charge in [0, 0.05) is 5.02 Å². The van der Waals surface area contributed by atoms with Gasteiger partial charge in [-0.2, -0.15) is 0 Å². The van der Waals surface area contributed by atoms with Crippen LogP contribution in [-0.4, -0.2) is 0 Å². The number of rotatable bonds is 4. The molecule has 2 aromatic rings. The number of hydrogen-bond acceptors (Lipinski definition) is 2. The van der Waals surface area contributed by atoms with Crippen molar-refractivity contribution in [3.8, 4) is 0 Å². The van der Waals surface area contributed by atoms with Gasteiger partial charge in [-0.05, 0) is 54.0 Å². The van der Waals surface area contributed by atoms with Gasteiger partial charge in [-0.15, -0.1) is 0 Å². The van der Waals surface area contributed by atoms with E-state index in [-0.39, 0.29) is 6.04 Å². The molecule has 0 amide bonds. The van der Waals surface area contributed by atoms with E-state index in [2.05, 4.69) is 35.8 Å². The van der Waals surface area contributed by atoms with E-state index in [4.69, 9.17) is 17.4 Å². The van der Waals surface area contributed by atoms with Crippen molar-refractivity contribution < 1.29 is 0 Å². The fraction of sp³-hybridized carbons (Fsp3) is 0.333. The molecule has 0 saturated heterocycles. The van der Waals surface area contributed by atoms with Crippen LogP contribution in [0.3, 0.4) is 0 Å². The predicted octanol–water partition coefficient (Wildman–Crippen LogP) is 4.47. The van der Waals surface area contributed by atoms with Gasteiger partial charge in [-0.25, -0.2) is 5.43 Å². The molecule has 1 saturated carbocycles. The number of nitrogens with two attached hydrogens (primary N) is 1. The highest BCUT2D eigenvalue weighted by molar-refractivity contribution is 6.31. The largest absolute Gasteiger partial charge is 0.271 e. The second-order valence-corrected chi connectivity index (χ2v) is 6.22. The van der Waals surface area contributed by atoms with Crippen LogP contribution in [0.15, 0.2) is 42.5 Å². The lowest BCUT2D eigenvalue weighted by Gasteiger charge is -2.31. The normalized spacial score (nSPS) is 16.5. The second kappa shape index (κ2) is 6.18. The zero-order valence-corrected chi connectivity index (χ0v) is 13.0. The lowest BCUT2D eigenvalue weighted by molar-refractivity contribution is 0.414. The summed E-state index contributed by atoms with van der Waals surface area (Å²) >= 11 is 6.27. The molecule has 0 aromatic heterocycles. The van der Waals surface area contributed by atoms with Crippen molar-refractivity contribution in [2.24, 2.45) is 5.84 Å². The number of hydrazine groups is 1. The number of nitrogens with one attached hydrogen (secondary N) is 1. The standard InChI is InChI=1S/C18H21ClN2/c1-12-14(10-5-11-17(12)19)18(21-20)16-9-3-2-8-15(16)13-6-4-7-13/h2-3,5,8-11,13,18,21H,4,6-7,20H2,1H3. The Kier molecular flexibility index (Phi) is 4.29. The molecule has 0 aliphatic heterocycles. The van der Waals surface area contributed by atoms with Crippen LogP contribution in [0.2, 0.25) is 5.02 Å². The van der Waals surface area contributed by atoms with Crippen molar-refractivity contribution in [1.82, 2.24) is 5.43 Å². The summed E-state index contributed by atoms with van der Waals surface area (Å²) in [5, 5.41) is 0.786. The summed E-state index contributed by atoms with van der Waals surface area (Å²) in [6.07, 6.45) is 3.89. The van der Waals surface area contributed by atoms with Crippen LogP contribution in [-0.2, 0) is 0 Å². The Balaban J connectivity index is 2.06. The minimum absolute atomic E-state index is 0.0134. The summed E-state index contributed by atoms with van der Waals surface area (Å²) in [4.78, 5) is 0. The van der Waals surface area contributed by atoms with E-state index >= 15 is 0 Å². The summed E-state index contributed by atoms with van der Waals surface area (Å²) in [6, 6.07) is 14.6. The molecule has 2 aromatic carbocycles. The Bertz CT molecular complexity index is 635. The van der Waals surface area contributed by atoms with Gasteiger partial charge < -0.3 is 0 Å². The van der Waals surface area contributed by atoms with Crippen molar-refractivity contribution in [1.29, 1.82) is 0 Å². The molecule has 1 aliphatic rings. The molecule has 21 heavy (non-hydrogen) atoms. The molecule has 3 heteroatoms. The molecule has 0 radical (unpaired) electrons. The molecular formula is C18H21ClN2. The Morgan fingerprint density at radius 2 is 1.81 bits per heavy atom. The van der Waals surface area contributed by atoms with Crippen molar-refractivity contribution in [2.45, 2.75) is 38.1 Å². The van der Waals surface area contributed by atoms with Crippen molar-refractivity contribution in [3.05, 3.63) is 69.7 Å². The fourth-order valence-corrected chi connectivity index (χ4v) is 3.33. The highest BCUT2D eigenvalue weighted by Gasteiger charge is 2.26. The van der Waals surface area contributed by atoms with Crippen molar-refractivity contribution in [3.63, 3.8) is 0 Å². The van der Waals surface area contributed by atoms with Gasteiger partial charge in [0.1, 0.15) is 0 Å². The highest BCUT2D eigenvalue weighted by Crippen LogP contribution is 2.41. The lowest BCUT2D eigenvalue weighted by atomic mass is 9.76. The third-order valence-electron chi connectivity index (χ3n) is 4.64. The summed E-state index contributed by atoms with van der Waals surface area (Å²) in [7, 11) is 0. The van der Waals surface area contributed by atoms with Gasteiger partial charge in [0.15, 0.2) is 0 Å². The van der Waals surface area contributed by atoms with Gasteiger partial charge >= 0.3 is 0 Å². The first-order valence-corrected chi connectivity index (χ1v) is 7.90. The van der Waals surface area contributed by atoms with E-state index in [1.165, 1.54) is 30.4 Å². The molecule has 0 bridgehead atoms. The summed E-state index contributed by atoms with van der Waals surface area (Å²) < 4.78 is 0. The lowest BCUT2D eigenvalue weighted by Crippen LogP contribution is -2.31. The molecule has 1 atom stereocenters. The second-order valence-electron chi connectivity index (χ2n) is 5.81. The summed E-state index contributed by atoms with van der Waals surface area (Å²) in [5.41, 5.74) is 7.92. The molecule has 110 valence electrons. The van der Waals surface area contributed by atoms with E-state index < -0.39 is 0 Å². The van der Waals surface area contributed by atoms with Crippen LogP contribution in [0.5, 0.6) is 0 Å². The zero-order chi connectivity index (χ0) is 14.8. The summed E-state index contributed by atoms with van der Waals surface area (Å²) in [5.74, 6) is 6.57. The first-order chi connectivity index (χ1) is 10.2. The number of hydrogen-bond donors (Lipinski definition) is 2. The van der Waals surface area contributed by atoms with E-state index in [1.807, 2.05) is 19.1 Å². The quantitative estimate of drug-likeness (QED) is 0.646. The highest BCUT2D eigenvalue weighted by atomic mass is 35.5. The van der Waals surface area contributed by atoms with Gasteiger partial charge in [-0.1, -0.05) is 54.4 Å². The molecule has 0 heterocycles. The molecule has 1 aliphatic carbocycles. The molecule has 0 spiro atoms. The van der Waals surface area contributed by atoms with Gasteiger partial charge in [-0.3, -0.25) is 5.84 Å². The first kappa shape index (κ1) is 14.6. The maximum absolute atomic E-state index is 6.27. The molecule has 3 rings (SSSR count). The van der Waals surface area contributed by atoms with Gasteiger partial charge in [0.25, 0.3) is 0 Å². The first-order valence-electron chi connectivity index (χ1n) is 7.52. The Morgan fingerprint density at radius 3 is 2.48 bits per heavy atom. The van der Waals surface area contributed by atoms with Gasteiger partial charge in [0.05, 0.1) is 6.04 Å². The van der Waals surface area contributed by atoms with Crippen LogP contribution < -0.4 is 11.3 Å². The Hall–Kier alpha value is -1.35. The molecule has 1 unspecified atom stereocenters.